The summed E-state index contributed by atoms with van der Waals surface area (Å²) in [6.45, 7) is 0.848. The molecule has 0 spiro atoms. The van der Waals surface area contributed by atoms with E-state index >= 15 is 0 Å². The van der Waals surface area contributed by atoms with E-state index in [1.165, 1.54) is 34.9 Å². The lowest BCUT2D eigenvalue weighted by Crippen LogP contribution is -2.43. The van der Waals surface area contributed by atoms with Crippen LogP contribution in [0.2, 0.25) is 0 Å². The van der Waals surface area contributed by atoms with Gasteiger partial charge in [-0.05, 0) is 57.1 Å². The zero-order valence-electron chi connectivity index (χ0n) is 17.2. The first-order chi connectivity index (χ1) is 14.6. The van der Waals surface area contributed by atoms with E-state index in [0.29, 0.717) is 19.4 Å². The minimum atomic E-state index is -4.90. The number of rotatable bonds is 7. The van der Waals surface area contributed by atoms with Gasteiger partial charge in [-0.15, -0.1) is 13.2 Å². The molecule has 0 radical (unpaired) electrons. The number of halogens is 3. The lowest BCUT2D eigenvalue weighted by atomic mass is 9.96. The fraction of sp³-hybridized carbons (Fsp3) is 0.571. The van der Waals surface area contributed by atoms with E-state index in [4.69, 9.17) is 0 Å². The molecule has 1 saturated heterocycles. The quantitative estimate of drug-likeness (QED) is 0.625. The Kier molecular flexibility index (Phi) is 7.64. The molecule has 0 unspecified atom stereocenters. The number of carbonyl (C=O) groups excluding carboxylic acids is 1. The molecule has 0 bridgehead atoms. The number of amides is 1. The Bertz CT molecular complexity index is 907. The first kappa shape index (κ1) is 23.6. The van der Waals surface area contributed by atoms with Crippen molar-refractivity contribution in [3.05, 3.63) is 35.9 Å². The van der Waals surface area contributed by atoms with Crippen molar-refractivity contribution in [3.63, 3.8) is 0 Å². The molecule has 1 aromatic rings. The van der Waals surface area contributed by atoms with Crippen molar-refractivity contribution in [3.8, 4) is 5.75 Å². The molecule has 31 heavy (non-hydrogen) atoms. The summed E-state index contributed by atoms with van der Waals surface area (Å²) in [4.78, 5) is 12.2. The molecule has 0 aromatic heterocycles. The summed E-state index contributed by atoms with van der Waals surface area (Å²) in [6.07, 6.45) is 3.52. The topological polar surface area (TPSA) is 75.7 Å². The van der Waals surface area contributed by atoms with Gasteiger partial charge in [-0.2, -0.15) is 4.31 Å². The van der Waals surface area contributed by atoms with Crippen LogP contribution in [0.3, 0.4) is 0 Å². The number of piperidine rings is 1. The third kappa shape index (κ3) is 6.70. The van der Waals surface area contributed by atoms with Crippen LogP contribution in [0.15, 0.2) is 40.8 Å². The average Bonchev–Trinajstić information content (AvgIpc) is 2.73. The maximum absolute atomic E-state index is 12.8. The average molecular weight is 461 g/mol. The van der Waals surface area contributed by atoms with Crippen LogP contribution >= 0.6 is 0 Å². The molecule has 172 valence electrons. The van der Waals surface area contributed by atoms with Gasteiger partial charge in [0.05, 0.1) is 4.90 Å². The smallest absolute Gasteiger partial charge is 0.406 e. The predicted molar refractivity (Wildman–Crippen MR) is 109 cm³/mol. The van der Waals surface area contributed by atoms with E-state index in [1.54, 1.807) is 0 Å². The van der Waals surface area contributed by atoms with Gasteiger partial charge in [0.2, 0.25) is 15.9 Å². The van der Waals surface area contributed by atoms with Gasteiger partial charge in [-0.1, -0.05) is 17.7 Å². The van der Waals surface area contributed by atoms with Crippen molar-refractivity contribution in [2.24, 2.45) is 5.92 Å². The number of hydrogen-bond acceptors (Lipinski definition) is 4. The van der Waals surface area contributed by atoms with Gasteiger partial charge in [0.25, 0.3) is 0 Å². The fourth-order valence-electron chi connectivity index (χ4n) is 3.96. The second-order valence-corrected chi connectivity index (χ2v) is 9.79. The monoisotopic (exact) mass is 460 g/mol. The van der Waals surface area contributed by atoms with E-state index in [0.717, 1.165) is 31.4 Å². The largest absolute Gasteiger partial charge is 0.573 e. The van der Waals surface area contributed by atoms with Crippen molar-refractivity contribution >= 4 is 15.9 Å². The SMILES string of the molecule is O=C(NCCC1=CCCCC1)C1CCN(S(=O)(=O)c2cccc(OC(F)(F)F)c2)CC1. The Labute approximate surface area is 180 Å². The summed E-state index contributed by atoms with van der Waals surface area (Å²) in [7, 11) is -3.97. The molecule has 1 aromatic carbocycles. The second kappa shape index (κ2) is 10.0. The summed E-state index contributed by atoms with van der Waals surface area (Å²) in [5.41, 5.74) is 1.38. The lowest BCUT2D eigenvalue weighted by Gasteiger charge is -2.30. The van der Waals surface area contributed by atoms with Crippen LogP contribution in [0.25, 0.3) is 0 Å². The molecule has 1 aliphatic heterocycles. The number of carbonyl (C=O) groups is 1. The van der Waals surface area contributed by atoms with Crippen molar-refractivity contribution in [2.45, 2.75) is 56.2 Å². The second-order valence-electron chi connectivity index (χ2n) is 7.85. The summed E-state index contributed by atoms with van der Waals surface area (Å²) >= 11 is 0. The lowest BCUT2D eigenvalue weighted by molar-refractivity contribution is -0.274. The molecule has 1 aliphatic carbocycles. The maximum atomic E-state index is 12.8. The van der Waals surface area contributed by atoms with Gasteiger partial charge in [0, 0.05) is 31.6 Å². The summed E-state index contributed by atoms with van der Waals surface area (Å²) in [5.74, 6) is -0.934. The van der Waals surface area contributed by atoms with Crippen molar-refractivity contribution in [1.82, 2.24) is 9.62 Å². The zero-order valence-corrected chi connectivity index (χ0v) is 18.0. The highest BCUT2D eigenvalue weighted by molar-refractivity contribution is 7.89. The molecule has 0 saturated carbocycles. The van der Waals surface area contributed by atoms with Gasteiger partial charge in [0.15, 0.2) is 0 Å². The number of nitrogens with zero attached hydrogens (tertiary/aromatic N) is 1. The number of allylic oxidation sites excluding steroid dienone is 1. The minimum absolute atomic E-state index is 0.0750. The van der Waals surface area contributed by atoms with E-state index in [-0.39, 0.29) is 29.8 Å². The number of alkyl halides is 3. The van der Waals surface area contributed by atoms with Crippen LogP contribution < -0.4 is 10.1 Å². The van der Waals surface area contributed by atoms with Crippen LogP contribution in [-0.4, -0.2) is 44.6 Å². The summed E-state index contributed by atoms with van der Waals surface area (Å²) < 4.78 is 67.9. The highest BCUT2D eigenvalue weighted by Gasteiger charge is 2.34. The molecular formula is C21H27F3N2O4S. The fourth-order valence-corrected chi connectivity index (χ4v) is 5.47. The third-order valence-corrected chi connectivity index (χ3v) is 7.53. The van der Waals surface area contributed by atoms with Gasteiger partial charge in [-0.3, -0.25) is 4.79 Å². The maximum Gasteiger partial charge on any atom is 0.573 e. The molecular weight excluding hydrogens is 433 g/mol. The molecule has 3 rings (SSSR count). The molecule has 1 heterocycles. The van der Waals surface area contributed by atoms with E-state index in [9.17, 15) is 26.4 Å². The molecule has 1 amide bonds. The Balaban J connectivity index is 1.52. The molecule has 6 nitrogen and oxygen atoms in total. The number of benzene rings is 1. The first-order valence-corrected chi connectivity index (χ1v) is 11.9. The normalized spacial score (nSPS) is 19.0. The predicted octanol–water partition coefficient (Wildman–Crippen LogP) is 3.99. The van der Waals surface area contributed by atoms with Crippen molar-refractivity contribution < 1.29 is 31.1 Å². The number of hydrogen-bond donors (Lipinski definition) is 1. The molecule has 1 fully saturated rings. The summed E-state index contributed by atoms with van der Waals surface area (Å²) in [5, 5.41) is 2.94. The molecule has 2 aliphatic rings. The zero-order chi connectivity index (χ0) is 22.5. The number of sulfonamides is 1. The first-order valence-electron chi connectivity index (χ1n) is 10.5. The van der Waals surface area contributed by atoms with Crippen LogP contribution in [-0.2, 0) is 14.8 Å². The molecule has 1 N–H and O–H groups in total. The van der Waals surface area contributed by atoms with E-state index in [1.807, 2.05) is 0 Å². The highest BCUT2D eigenvalue weighted by Crippen LogP contribution is 2.28. The van der Waals surface area contributed by atoms with E-state index in [2.05, 4.69) is 16.1 Å². The third-order valence-electron chi connectivity index (χ3n) is 5.63. The standard InChI is InChI=1S/C21H27F3N2O4S/c22-21(23,24)30-18-7-4-8-19(15-18)31(28,29)26-13-10-17(11-14-26)20(27)25-12-9-16-5-2-1-3-6-16/h4-5,7-8,15,17H,1-3,6,9-14H2,(H,25,27). The Morgan fingerprint density at radius 3 is 2.58 bits per heavy atom. The van der Waals surface area contributed by atoms with Gasteiger partial charge in [-0.25, -0.2) is 8.42 Å². The van der Waals surface area contributed by atoms with Crippen molar-refractivity contribution in [2.75, 3.05) is 19.6 Å². The molecule has 10 heteroatoms. The highest BCUT2D eigenvalue weighted by atomic mass is 32.2. The Morgan fingerprint density at radius 1 is 1.19 bits per heavy atom. The van der Waals surface area contributed by atoms with Gasteiger partial charge < -0.3 is 10.1 Å². The summed E-state index contributed by atoms with van der Waals surface area (Å²) in [6, 6.07) is 4.35. The van der Waals surface area contributed by atoms with Crippen LogP contribution in [0.5, 0.6) is 5.75 Å². The van der Waals surface area contributed by atoms with Crippen LogP contribution in [0, 0.1) is 5.92 Å². The van der Waals surface area contributed by atoms with Crippen LogP contribution in [0.1, 0.15) is 44.9 Å². The van der Waals surface area contributed by atoms with Gasteiger partial charge >= 0.3 is 6.36 Å². The number of nitrogens with one attached hydrogen (secondary N) is 1. The Morgan fingerprint density at radius 2 is 1.94 bits per heavy atom. The Hall–Kier alpha value is -2.07. The minimum Gasteiger partial charge on any atom is -0.406 e. The van der Waals surface area contributed by atoms with E-state index < -0.39 is 22.1 Å². The van der Waals surface area contributed by atoms with Gasteiger partial charge in [0.1, 0.15) is 5.75 Å². The molecule has 0 atom stereocenters. The number of ether oxygens (including phenoxy) is 1. The van der Waals surface area contributed by atoms with Crippen molar-refractivity contribution in [1.29, 1.82) is 0 Å². The van der Waals surface area contributed by atoms with Crippen LogP contribution in [0.4, 0.5) is 13.2 Å².